The van der Waals surface area contributed by atoms with Crippen LogP contribution in [0.25, 0.3) is 0 Å². The van der Waals surface area contributed by atoms with E-state index in [1.165, 1.54) is 23.5 Å². The number of amides is 5. The molecule has 2 heterocycles. The maximum Gasteiger partial charge on any atom is 0.293 e. The topological polar surface area (TPSA) is 180 Å². The Balaban J connectivity index is 1.38. The van der Waals surface area contributed by atoms with Crippen molar-refractivity contribution in [3.05, 3.63) is 24.3 Å². The predicted molar refractivity (Wildman–Crippen MR) is 181 cm³/mol. The Hall–Kier alpha value is -3.97. The van der Waals surface area contributed by atoms with E-state index in [0.29, 0.717) is 19.3 Å². The van der Waals surface area contributed by atoms with E-state index < -0.39 is 71.1 Å². The number of likely N-dealkylation sites (tertiary alicyclic amines) is 1. The molecule has 1 aromatic heterocycles. The number of Topliss-reactive ketones (excluding diaryl/α,β-unsaturated/α-hetero) is 1. The monoisotopic (exact) mass is 697 g/mol. The zero-order chi connectivity index (χ0) is 36.2. The van der Waals surface area contributed by atoms with Gasteiger partial charge >= 0.3 is 0 Å². The largest absolute Gasteiger partial charge is 0.347 e. The minimum Gasteiger partial charge on any atom is -0.347 e. The Morgan fingerprint density at radius 3 is 2.28 bits per heavy atom. The normalized spacial score (nSPS) is 24.7. The Labute approximate surface area is 293 Å². The number of alkyl halides is 1. The highest BCUT2D eigenvalue weighted by molar-refractivity contribution is 6.39. The van der Waals surface area contributed by atoms with Gasteiger partial charge in [0.15, 0.2) is 0 Å². The number of aromatic nitrogens is 2. The number of fused-ring (bicyclic) bond motifs is 1. The number of halogens is 1. The molecule has 274 valence electrons. The van der Waals surface area contributed by atoms with Crippen molar-refractivity contribution in [1.29, 1.82) is 0 Å². The highest BCUT2D eigenvalue weighted by Gasteiger charge is 2.54. The molecule has 14 heteroatoms. The molecule has 4 fully saturated rings. The predicted octanol–water partition coefficient (Wildman–Crippen LogP) is 2.74. The third kappa shape index (κ3) is 8.48. The average Bonchev–Trinajstić information content (AvgIpc) is 3.65. The van der Waals surface area contributed by atoms with Gasteiger partial charge in [0.2, 0.25) is 17.7 Å². The molecule has 6 atom stereocenters. The molecule has 4 N–H and O–H groups in total. The molecule has 5 amide bonds. The molecule has 5 rings (SSSR count). The van der Waals surface area contributed by atoms with E-state index in [1.54, 1.807) is 27.7 Å². The summed E-state index contributed by atoms with van der Waals surface area (Å²) >= 11 is 0. The zero-order valence-corrected chi connectivity index (χ0v) is 29.6. The van der Waals surface area contributed by atoms with E-state index >= 15 is 4.39 Å². The molecule has 50 heavy (non-hydrogen) atoms. The van der Waals surface area contributed by atoms with E-state index in [0.717, 1.165) is 44.9 Å². The Kier molecular flexibility index (Phi) is 11.6. The van der Waals surface area contributed by atoms with Crippen molar-refractivity contribution < 1.29 is 33.2 Å². The third-order valence-corrected chi connectivity index (χ3v) is 10.7. The fourth-order valence-corrected chi connectivity index (χ4v) is 7.92. The van der Waals surface area contributed by atoms with Gasteiger partial charge in [-0.3, -0.25) is 33.8 Å². The van der Waals surface area contributed by atoms with Gasteiger partial charge in [-0.15, -0.1) is 0 Å². The number of nitrogens with zero attached hydrogens (tertiary/aromatic N) is 3. The van der Waals surface area contributed by atoms with Crippen molar-refractivity contribution in [3.8, 4) is 0 Å². The van der Waals surface area contributed by atoms with Crippen LogP contribution < -0.4 is 21.3 Å². The van der Waals surface area contributed by atoms with Crippen LogP contribution in [0.4, 0.5) is 4.39 Å². The fraction of sp³-hybridized carbons (Fsp3) is 0.722. The molecular weight excluding hydrogens is 645 g/mol. The average molecular weight is 698 g/mol. The minimum atomic E-state index is -2.93. The lowest BCUT2D eigenvalue weighted by Gasteiger charge is -2.38. The first-order valence-electron chi connectivity index (χ1n) is 18.3. The third-order valence-electron chi connectivity index (χ3n) is 10.7. The molecule has 0 bridgehead atoms. The van der Waals surface area contributed by atoms with E-state index in [2.05, 4.69) is 31.2 Å². The number of carbonyl (C=O) groups excluding carboxylic acids is 6. The van der Waals surface area contributed by atoms with Gasteiger partial charge in [0, 0.05) is 31.4 Å². The standard InChI is InChI=1S/C36H52FN7O6/c1-5-16-36(37,29(45)33(49)40-23-14-15-23)43-32(48)27-24-13-9-12-22(24)20-44(27)34(50)28(35(2,3)4)42-31(47)26(21-10-7-6-8-11-21)41-30(46)25-19-38-17-18-39-25/h17-19,21-24,26-28H,5-16,20H2,1-4H3,(H,40,49)(H,41,46)(H,42,47)(H,43,48). The SMILES string of the molecule is CCCC(F)(NC(=O)C1C2CCCC2CN1C(=O)C(NC(=O)C(NC(=O)c1cnccn1)C1CCCCC1)C(C)(C)C)C(=O)C(=O)NC1CC1. The van der Waals surface area contributed by atoms with Gasteiger partial charge in [-0.2, -0.15) is 0 Å². The van der Waals surface area contributed by atoms with Crippen LogP contribution in [0.2, 0.25) is 0 Å². The second kappa shape index (κ2) is 15.5. The summed E-state index contributed by atoms with van der Waals surface area (Å²) in [4.78, 5) is 91.1. The lowest BCUT2D eigenvalue weighted by molar-refractivity contribution is -0.152. The van der Waals surface area contributed by atoms with Crippen molar-refractivity contribution >= 4 is 35.3 Å². The summed E-state index contributed by atoms with van der Waals surface area (Å²) in [5.74, 6) is -8.17. The van der Waals surface area contributed by atoms with Crippen LogP contribution in [0.15, 0.2) is 18.6 Å². The minimum absolute atomic E-state index is 0.0127. The second-order valence-corrected chi connectivity index (χ2v) is 15.7. The molecule has 0 spiro atoms. The van der Waals surface area contributed by atoms with Crippen LogP contribution in [-0.2, 0) is 24.0 Å². The first kappa shape index (κ1) is 37.3. The number of rotatable bonds is 13. The van der Waals surface area contributed by atoms with Gasteiger partial charge in [-0.1, -0.05) is 59.8 Å². The maximum absolute atomic E-state index is 16.3. The smallest absolute Gasteiger partial charge is 0.293 e. The molecule has 13 nitrogen and oxygen atoms in total. The summed E-state index contributed by atoms with van der Waals surface area (Å²) in [5, 5.41) is 10.6. The van der Waals surface area contributed by atoms with Crippen LogP contribution in [0.1, 0.15) is 115 Å². The molecule has 3 saturated carbocycles. The van der Waals surface area contributed by atoms with Crippen LogP contribution in [0.3, 0.4) is 0 Å². The summed E-state index contributed by atoms with van der Waals surface area (Å²) in [6, 6.07) is -3.29. The highest BCUT2D eigenvalue weighted by Crippen LogP contribution is 2.43. The lowest BCUT2D eigenvalue weighted by Crippen LogP contribution is -2.63. The Morgan fingerprint density at radius 1 is 0.940 bits per heavy atom. The summed E-state index contributed by atoms with van der Waals surface area (Å²) in [5.41, 5.74) is -0.752. The van der Waals surface area contributed by atoms with E-state index in [1.807, 2.05) is 0 Å². The van der Waals surface area contributed by atoms with Gasteiger partial charge in [0.25, 0.3) is 23.4 Å². The van der Waals surface area contributed by atoms with Crippen LogP contribution in [0.5, 0.6) is 0 Å². The quantitative estimate of drug-likeness (QED) is 0.180. The molecule has 1 aliphatic heterocycles. The summed E-state index contributed by atoms with van der Waals surface area (Å²) in [6.07, 6.45) is 11.9. The van der Waals surface area contributed by atoms with Crippen molar-refractivity contribution in [2.75, 3.05) is 6.54 Å². The molecule has 6 unspecified atom stereocenters. The molecule has 4 aliphatic rings. The molecule has 0 radical (unpaired) electrons. The zero-order valence-electron chi connectivity index (χ0n) is 29.6. The highest BCUT2D eigenvalue weighted by atomic mass is 19.1. The first-order valence-corrected chi connectivity index (χ1v) is 18.3. The lowest BCUT2D eigenvalue weighted by atomic mass is 9.82. The maximum atomic E-state index is 16.3. The van der Waals surface area contributed by atoms with Crippen molar-refractivity contribution in [2.45, 2.75) is 135 Å². The van der Waals surface area contributed by atoms with Gasteiger partial charge in [-0.05, 0) is 61.7 Å². The summed E-state index contributed by atoms with van der Waals surface area (Å²) < 4.78 is 16.3. The van der Waals surface area contributed by atoms with Crippen LogP contribution >= 0.6 is 0 Å². The van der Waals surface area contributed by atoms with Crippen molar-refractivity contribution in [1.82, 2.24) is 36.1 Å². The molecule has 3 aliphatic carbocycles. The van der Waals surface area contributed by atoms with E-state index in [9.17, 15) is 28.8 Å². The van der Waals surface area contributed by atoms with Crippen LogP contribution in [-0.4, -0.2) is 86.7 Å². The van der Waals surface area contributed by atoms with Gasteiger partial charge in [0.1, 0.15) is 23.8 Å². The number of nitrogens with one attached hydrogen (secondary N) is 4. The van der Waals surface area contributed by atoms with Crippen LogP contribution in [0, 0.1) is 23.2 Å². The number of hydrogen-bond acceptors (Lipinski definition) is 8. The molecular formula is C36H52FN7O6. The van der Waals surface area contributed by atoms with Gasteiger partial charge in [0.05, 0.1) is 6.20 Å². The molecule has 1 saturated heterocycles. The molecule has 1 aromatic rings. The Bertz CT molecular complexity index is 1440. The summed E-state index contributed by atoms with van der Waals surface area (Å²) in [7, 11) is 0. The number of ketones is 1. The van der Waals surface area contributed by atoms with E-state index in [4.69, 9.17) is 0 Å². The molecule has 0 aromatic carbocycles. The van der Waals surface area contributed by atoms with Crippen molar-refractivity contribution in [2.24, 2.45) is 23.2 Å². The second-order valence-electron chi connectivity index (χ2n) is 15.7. The number of carbonyl (C=O) groups is 6. The fourth-order valence-electron chi connectivity index (χ4n) is 7.92. The summed E-state index contributed by atoms with van der Waals surface area (Å²) in [6.45, 7) is 7.31. The van der Waals surface area contributed by atoms with Gasteiger partial charge < -0.3 is 26.2 Å². The number of hydrogen-bond donors (Lipinski definition) is 4. The van der Waals surface area contributed by atoms with E-state index in [-0.39, 0.29) is 42.5 Å². The Morgan fingerprint density at radius 2 is 1.66 bits per heavy atom. The van der Waals surface area contributed by atoms with Gasteiger partial charge in [-0.25, -0.2) is 9.37 Å². The van der Waals surface area contributed by atoms with Crippen molar-refractivity contribution in [3.63, 3.8) is 0 Å². The first-order chi connectivity index (χ1) is 23.7.